The van der Waals surface area contributed by atoms with Gasteiger partial charge >= 0.3 is 0 Å². The number of imide groups is 1. The molecule has 2 amide bonds. The molecule has 0 N–H and O–H groups in total. The minimum atomic E-state index is -0.228. The van der Waals surface area contributed by atoms with Gasteiger partial charge in [0, 0.05) is 26.2 Å². The number of nitrogens with zero attached hydrogens (tertiary/aromatic N) is 3. The molecule has 0 bridgehead atoms. The standard InChI is InChI=1S/C26H31N3O3/c1-3-18-32-22-12-10-21(11-13-22)23-24(28-16-14-27(4-2)15-17-28)26(31)29(25(23)30)19-20-8-6-5-7-9-20/h5-13H,3-4,14-19H2,1-2H3. The first kappa shape index (κ1) is 22.1. The van der Waals surface area contributed by atoms with Gasteiger partial charge in [-0.25, -0.2) is 0 Å². The summed E-state index contributed by atoms with van der Waals surface area (Å²) < 4.78 is 5.69. The van der Waals surface area contributed by atoms with Crippen LogP contribution < -0.4 is 4.74 Å². The Morgan fingerprint density at radius 1 is 0.844 bits per heavy atom. The van der Waals surface area contributed by atoms with Crippen LogP contribution in [0.1, 0.15) is 31.4 Å². The molecule has 0 aliphatic carbocycles. The zero-order valence-corrected chi connectivity index (χ0v) is 18.9. The van der Waals surface area contributed by atoms with Crippen molar-refractivity contribution in [1.29, 1.82) is 0 Å². The van der Waals surface area contributed by atoms with Gasteiger partial charge in [-0.1, -0.05) is 56.3 Å². The smallest absolute Gasteiger partial charge is 0.278 e. The van der Waals surface area contributed by atoms with E-state index in [1.807, 2.05) is 54.6 Å². The Morgan fingerprint density at radius 2 is 1.53 bits per heavy atom. The van der Waals surface area contributed by atoms with Crippen LogP contribution in [0.3, 0.4) is 0 Å². The van der Waals surface area contributed by atoms with Crippen LogP contribution in [0.2, 0.25) is 0 Å². The van der Waals surface area contributed by atoms with Crippen LogP contribution in [0.5, 0.6) is 5.75 Å². The highest BCUT2D eigenvalue weighted by atomic mass is 16.5. The number of benzene rings is 2. The van der Waals surface area contributed by atoms with Gasteiger partial charge in [-0.05, 0) is 36.2 Å². The summed E-state index contributed by atoms with van der Waals surface area (Å²) in [5.41, 5.74) is 2.73. The number of hydrogen-bond donors (Lipinski definition) is 0. The molecule has 6 heteroatoms. The fourth-order valence-electron chi connectivity index (χ4n) is 4.25. The molecule has 2 heterocycles. The molecule has 2 aliphatic heterocycles. The summed E-state index contributed by atoms with van der Waals surface area (Å²) in [5.74, 6) is 0.339. The van der Waals surface area contributed by atoms with Gasteiger partial charge in [0.1, 0.15) is 11.4 Å². The lowest BCUT2D eigenvalue weighted by Crippen LogP contribution is -2.47. The van der Waals surface area contributed by atoms with Crippen molar-refractivity contribution in [3.63, 3.8) is 0 Å². The lowest BCUT2D eigenvalue weighted by Gasteiger charge is -2.36. The van der Waals surface area contributed by atoms with Crippen LogP contribution in [-0.2, 0) is 16.1 Å². The topological polar surface area (TPSA) is 53.1 Å². The van der Waals surface area contributed by atoms with E-state index < -0.39 is 0 Å². The Kier molecular flexibility index (Phi) is 6.90. The molecule has 2 aliphatic rings. The third-order valence-corrected chi connectivity index (χ3v) is 6.08. The maximum Gasteiger partial charge on any atom is 0.278 e. The predicted octanol–water partition coefficient (Wildman–Crippen LogP) is 3.39. The van der Waals surface area contributed by atoms with E-state index in [4.69, 9.17) is 4.74 Å². The Hall–Kier alpha value is -3.12. The van der Waals surface area contributed by atoms with Crippen molar-refractivity contribution in [1.82, 2.24) is 14.7 Å². The van der Waals surface area contributed by atoms with E-state index in [0.29, 0.717) is 17.9 Å². The van der Waals surface area contributed by atoms with Crippen LogP contribution >= 0.6 is 0 Å². The highest BCUT2D eigenvalue weighted by Crippen LogP contribution is 2.34. The summed E-state index contributed by atoms with van der Waals surface area (Å²) in [5, 5.41) is 0. The molecular weight excluding hydrogens is 402 g/mol. The summed E-state index contributed by atoms with van der Waals surface area (Å²) in [7, 11) is 0. The quantitative estimate of drug-likeness (QED) is 0.598. The van der Waals surface area contributed by atoms with E-state index in [1.54, 1.807) is 0 Å². The van der Waals surface area contributed by atoms with Crippen LogP contribution in [0.25, 0.3) is 5.57 Å². The minimum Gasteiger partial charge on any atom is -0.494 e. The molecule has 6 nitrogen and oxygen atoms in total. The summed E-state index contributed by atoms with van der Waals surface area (Å²) >= 11 is 0. The van der Waals surface area contributed by atoms with Gasteiger partial charge in [-0.15, -0.1) is 0 Å². The van der Waals surface area contributed by atoms with E-state index >= 15 is 0 Å². The lowest BCUT2D eigenvalue weighted by molar-refractivity contribution is -0.138. The molecule has 0 aromatic heterocycles. The zero-order chi connectivity index (χ0) is 22.5. The number of piperazine rings is 1. The normalized spacial score (nSPS) is 17.4. The van der Waals surface area contributed by atoms with E-state index in [2.05, 4.69) is 23.6 Å². The molecule has 1 fully saturated rings. The lowest BCUT2D eigenvalue weighted by atomic mass is 10.0. The number of carbonyl (C=O) groups is 2. The zero-order valence-electron chi connectivity index (χ0n) is 18.9. The number of carbonyl (C=O) groups excluding carboxylic acids is 2. The molecule has 2 aromatic carbocycles. The molecule has 0 unspecified atom stereocenters. The van der Waals surface area contributed by atoms with Crippen LogP contribution in [-0.4, -0.2) is 65.8 Å². The second-order valence-corrected chi connectivity index (χ2v) is 8.20. The Balaban J connectivity index is 1.66. The summed E-state index contributed by atoms with van der Waals surface area (Å²) in [6.07, 6.45) is 0.933. The van der Waals surface area contributed by atoms with Crippen LogP contribution in [0.15, 0.2) is 60.3 Å². The third kappa shape index (κ3) is 4.55. The van der Waals surface area contributed by atoms with Gasteiger partial charge in [-0.2, -0.15) is 0 Å². The van der Waals surface area contributed by atoms with Crippen molar-refractivity contribution >= 4 is 17.4 Å². The highest BCUT2D eigenvalue weighted by Gasteiger charge is 2.42. The van der Waals surface area contributed by atoms with Crippen molar-refractivity contribution in [2.45, 2.75) is 26.8 Å². The summed E-state index contributed by atoms with van der Waals surface area (Å²) in [4.78, 5) is 32.9. The maximum atomic E-state index is 13.5. The molecule has 32 heavy (non-hydrogen) atoms. The second-order valence-electron chi connectivity index (χ2n) is 8.20. The Bertz CT molecular complexity index is 977. The van der Waals surface area contributed by atoms with Crippen LogP contribution in [0.4, 0.5) is 0 Å². The average Bonchev–Trinajstić information content (AvgIpc) is 3.08. The number of hydrogen-bond acceptors (Lipinski definition) is 5. The Morgan fingerprint density at radius 3 is 2.16 bits per heavy atom. The summed E-state index contributed by atoms with van der Waals surface area (Å²) in [6, 6.07) is 17.2. The van der Waals surface area contributed by atoms with Gasteiger partial charge in [0.15, 0.2) is 0 Å². The highest BCUT2D eigenvalue weighted by molar-refractivity contribution is 6.35. The predicted molar refractivity (Wildman–Crippen MR) is 125 cm³/mol. The van der Waals surface area contributed by atoms with Crippen molar-refractivity contribution in [2.24, 2.45) is 0 Å². The SMILES string of the molecule is CCCOc1ccc(C2=C(N3CCN(CC)CC3)C(=O)N(Cc3ccccc3)C2=O)cc1. The van der Waals surface area contributed by atoms with Gasteiger partial charge in [0.25, 0.3) is 11.8 Å². The average molecular weight is 434 g/mol. The Labute approximate surface area is 190 Å². The molecule has 4 rings (SSSR count). The molecule has 0 spiro atoms. The number of rotatable bonds is 8. The fourth-order valence-corrected chi connectivity index (χ4v) is 4.25. The van der Waals surface area contributed by atoms with Crippen LogP contribution in [0, 0.1) is 0 Å². The number of likely N-dealkylation sites (N-methyl/N-ethyl adjacent to an activating group) is 1. The van der Waals surface area contributed by atoms with E-state index in [0.717, 1.165) is 56.0 Å². The van der Waals surface area contributed by atoms with E-state index in [-0.39, 0.29) is 18.4 Å². The number of amides is 2. The molecule has 2 aromatic rings. The van der Waals surface area contributed by atoms with Crippen molar-refractivity contribution in [2.75, 3.05) is 39.3 Å². The van der Waals surface area contributed by atoms with Gasteiger partial charge < -0.3 is 14.5 Å². The molecule has 0 radical (unpaired) electrons. The second kappa shape index (κ2) is 10.0. The molecular formula is C26H31N3O3. The monoisotopic (exact) mass is 433 g/mol. The fraction of sp³-hybridized carbons (Fsp3) is 0.385. The molecule has 0 atom stereocenters. The molecule has 1 saturated heterocycles. The minimum absolute atomic E-state index is 0.204. The summed E-state index contributed by atoms with van der Waals surface area (Å²) in [6.45, 7) is 9.38. The van der Waals surface area contributed by atoms with Crippen molar-refractivity contribution < 1.29 is 14.3 Å². The molecule has 0 saturated carbocycles. The van der Waals surface area contributed by atoms with Crippen molar-refractivity contribution in [3.05, 3.63) is 71.4 Å². The first-order valence-electron chi connectivity index (χ1n) is 11.5. The first-order valence-corrected chi connectivity index (χ1v) is 11.5. The first-order chi connectivity index (χ1) is 15.6. The van der Waals surface area contributed by atoms with Gasteiger partial charge in [0.2, 0.25) is 0 Å². The maximum absolute atomic E-state index is 13.5. The largest absolute Gasteiger partial charge is 0.494 e. The van der Waals surface area contributed by atoms with Gasteiger partial charge in [0.05, 0.1) is 18.7 Å². The third-order valence-electron chi connectivity index (χ3n) is 6.08. The van der Waals surface area contributed by atoms with E-state index in [9.17, 15) is 9.59 Å². The molecule has 168 valence electrons. The van der Waals surface area contributed by atoms with Gasteiger partial charge in [-0.3, -0.25) is 14.5 Å². The number of ether oxygens (including phenoxy) is 1. The van der Waals surface area contributed by atoms with E-state index in [1.165, 1.54) is 4.90 Å². The van der Waals surface area contributed by atoms with Crippen molar-refractivity contribution in [3.8, 4) is 5.75 Å².